The summed E-state index contributed by atoms with van der Waals surface area (Å²) in [6, 6.07) is 24.3. The second-order valence-electron chi connectivity index (χ2n) is 6.48. The zero-order valence-electron chi connectivity index (χ0n) is 25.7. The van der Waals surface area contributed by atoms with Crippen LogP contribution in [0.25, 0.3) is 22.2 Å². The molecule has 6 aromatic rings. The van der Waals surface area contributed by atoms with Crippen molar-refractivity contribution < 1.29 is 8.83 Å². The first-order valence-electron chi connectivity index (χ1n) is 13.9. The Morgan fingerprint density at radius 3 is 0.976 bits per heavy atom. The van der Waals surface area contributed by atoms with Crippen molar-refractivity contribution in [2.75, 3.05) is 0 Å². The SMILES string of the molecule is CC.CC.CC.CC.O=c1[nH]c2ccccc2o1.O=c1[nH]c2ccccc2o1.O=c1cccc[nH]1.O=c1cccc[nH]1. The third kappa shape index (κ3) is 16.8. The molecule has 2 aromatic carbocycles. The van der Waals surface area contributed by atoms with E-state index in [4.69, 9.17) is 8.83 Å². The molecule has 0 radical (unpaired) electrons. The first-order chi connectivity index (χ1) is 20.5. The Hall–Kier alpha value is -5.12. The van der Waals surface area contributed by atoms with Crippen LogP contribution in [0.3, 0.4) is 0 Å². The number of para-hydroxylation sites is 4. The highest BCUT2D eigenvalue weighted by Crippen LogP contribution is 2.07. The number of hydrogen-bond acceptors (Lipinski definition) is 6. The molecule has 0 bridgehead atoms. The van der Waals surface area contributed by atoms with Crippen molar-refractivity contribution in [3.8, 4) is 0 Å². The smallest absolute Gasteiger partial charge is 0.408 e. The number of aromatic amines is 4. The highest BCUT2D eigenvalue weighted by Gasteiger charge is 1.96. The molecular formula is C32H44N4O6. The first-order valence-corrected chi connectivity index (χ1v) is 13.9. The zero-order chi connectivity index (χ0) is 32.2. The van der Waals surface area contributed by atoms with Crippen molar-refractivity contribution in [3.05, 3.63) is 139 Å². The third-order valence-corrected chi connectivity index (χ3v) is 4.01. The lowest BCUT2D eigenvalue weighted by Gasteiger charge is -1.79. The molecule has 0 fully saturated rings. The molecule has 10 nitrogen and oxygen atoms in total. The number of pyridine rings is 2. The number of rotatable bonds is 0. The fraction of sp³-hybridized carbons (Fsp3) is 0.250. The number of nitrogens with one attached hydrogen (secondary N) is 4. The second kappa shape index (κ2) is 26.1. The van der Waals surface area contributed by atoms with Gasteiger partial charge in [0.2, 0.25) is 11.1 Å². The predicted molar refractivity (Wildman–Crippen MR) is 173 cm³/mol. The van der Waals surface area contributed by atoms with Gasteiger partial charge in [0.25, 0.3) is 0 Å². The molecule has 0 saturated carbocycles. The van der Waals surface area contributed by atoms with Crippen LogP contribution in [0, 0.1) is 0 Å². The molecule has 4 aromatic heterocycles. The van der Waals surface area contributed by atoms with E-state index >= 15 is 0 Å². The Morgan fingerprint density at radius 2 is 0.738 bits per heavy atom. The van der Waals surface area contributed by atoms with Crippen molar-refractivity contribution in [3.63, 3.8) is 0 Å². The van der Waals surface area contributed by atoms with Crippen molar-refractivity contribution in [1.82, 2.24) is 19.9 Å². The van der Waals surface area contributed by atoms with E-state index in [1.807, 2.05) is 79.7 Å². The molecular weight excluding hydrogens is 536 g/mol. The minimum absolute atomic E-state index is 0.0532. The largest absolute Gasteiger partial charge is 0.417 e. The van der Waals surface area contributed by atoms with Gasteiger partial charge in [-0.25, -0.2) is 9.59 Å². The topological polar surface area (TPSA) is 158 Å². The molecule has 0 unspecified atom stereocenters. The Kier molecular flexibility index (Phi) is 24.3. The summed E-state index contributed by atoms with van der Waals surface area (Å²) < 4.78 is 9.51. The van der Waals surface area contributed by atoms with Crippen molar-refractivity contribution in [2.45, 2.75) is 55.4 Å². The Morgan fingerprint density at radius 1 is 0.429 bits per heavy atom. The normalized spacial score (nSPS) is 8.38. The Bertz CT molecular complexity index is 1440. The van der Waals surface area contributed by atoms with Crippen LogP contribution in [0.1, 0.15) is 55.4 Å². The average Bonchev–Trinajstić information content (AvgIpc) is 3.63. The maximum Gasteiger partial charge on any atom is 0.417 e. The molecule has 0 saturated heterocycles. The van der Waals surface area contributed by atoms with Gasteiger partial charge in [-0.05, 0) is 36.4 Å². The fourth-order valence-electron chi connectivity index (χ4n) is 2.54. The molecule has 42 heavy (non-hydrogen) atoms. The van der Waals surface area contributed by atoms with Gasteiger partial charge in [0.05, 0.1) is 11.0 Å². The molecule has 10 heteroatoms. The summed E-state index contributed by atoms with van der Waals surface area (Å²) in [5.41, 5.74) is 2.59. The summed E-state index contributed by atoms with van der Waals surface area (Å²) in [4.78, 5) is 51.6. The summed E-state index contributed by atoms with van der Waals surface area (Å²) in [5.74, 6) is -0.803. The summed E-state index contributed by atoms with van der Waals surface area (Å²) in [6.45, 7) is 16.0. The molecule has 0 amide bonds. The van der Waals surface area contributed by atoms with E-state index in [1.54, 1.807) is 60.9 Å². The van der Waals surface area contributed by atoms with E-state index < -0.39 is 11.5 Å². The van der Waals surface area contributed by atoms with E-state index in [-0.39, 0.29) is 11.1 Å². The van der Waals surface area contributed by atoms with Gasteiger partial charge in [-0.2, -0.15) is 0 Å². The first kappa shape index (κ1) is 39.0. The number of hydrogen-bond donors (Lipinski definition) is 4. The lowest BCUT2D eigenvalue weighted by atomic mass is 10.3. The van der Waals surface area contributed by atoms with Gasteiger partial charge in [-0.1, -0.05) is 91.8 Å². The van der Waals surface area contributed by atoms with Gasteiger partial charge in [0.1, 0.15) is 0 Å². The van der Waals surface area contributed by atoms with Crippen molar-refractivity contribution in [2.24, 2.45) is 0 Å². The molecule has 0 aliphatic rings. The van der Waals surface area contributed by atoms with Crippen LogP contribution in [0.5, 0.6) is 0 Å². The number of H-pyrrole nitrogens is 4. The Balaban J connectivity index is 0. The van der Waals surface area contributed by atoms with Gasteiger partial charge in [0, 0.05) is 24.5 Å². The summed E-state index contributed by atoms with van der Waals surface area (Å²) >= 11 is 0. The molecule has 0 spiro atoms. The van der Waals surface area contributed by atoms with Gasteiger partial charge in [-0.15, -0.1) is 0 Å². The summed E-state index contributed by atoms with van der Waals surface area (Å²) in [6.07, 6.45) is 3.20. The second-order valence-corrected chi connectivity index (χ2v) is 6.48. The minimum atomic E-state index is -0.402. The van der Waals surface area contributed by atoms with Gasteiger partial charge in [-0.3, -0.25) is 19.6 Å². The molecule has 6 rings (SSSR count). The maximum atomic E-state index is 10.6. The molecule has 228 valence electrons. The molecule has 4 N–H and O–H groups in total. The third-order valence-electron chi connectivity index (χ3n) is 4.01. The number of benzene rings is 2. The van der Waals surface area contributed by atoms with Crippen molar-refractivity contribution in [1.29, 1.82) is 0 Å². The average molecular weight is 581 g/mol. The van der Waals surface area contributed by atoms with Gasteiger partial charge < -0.3 is 18.8 Å². The van der Waals surface area contributed by atoms with Crippen LogP contribution in [-0.4, -0.2) is 19.9 Å². The van der Waals surface area contributed by atoms with E-state index in [0.717, 1.165) is 11.0 Å². The van der Waals surface area contributed by atoms with Crippen LogP contribution < -0.4 is 22.6 Å². The van der Waals surface area contributed by atoms with Crippen LogP contribution in [0.2, 0.25) is 0 Å². The van der Waals surface area contributed by atoms with Crippen molar-refractivity contribution >= 4 is 22.2 Å². The Labute approximate surface area is 245 Å². The summed E-state index contributed by atoms with van der Waals surface area (Å²) in [5, 5.41) is 0. The summed E-state index contributed by atoms with van der Waals surface area (Å²) in [7, 11) is 0. The fourth-order valence-corrected chi connectivity index (χ4v) is 2.54. The van der Waals surface area contributed by atoms with Gasteiger partial charge in [0.15, 0.2) is 11.2 Å². The molecule has 0 aliphatic carbocycles. The van der Waals surface area contributed by atoms with E-state index in [0.29, 0.717) is 11.2 Å². The lowest BCUT2D eigenvalue weighted by Crippen LogP contribution is -1.98. The van der Waals surface area contributed by atoms with Crippen LogP contribution in [0.4, 0.5) is 0 Å². The van der Waals surface area contributed by atoms with Gasteiger partial charge >= 0.3 is 11.5 Å². The van der Waals surface area contributed by atoms with Crippen LogP contribution in [-0.2, 0) is 0 Å². The number of oxazole rings is 2. The predicted octanol–water partition coefficient (Wildman–Crippen LogP) is 7.10. The standard InChI is InChI=1S/2C7H5NO2.2C5H5NO.4C2H6/c2*9-7-8-5-3-1-2-4-6(5)10-7;2*7-5-3-1-2-4-6-5;4*1-2/h2*1-4H,(H,8,9);2*1-4H,(H,6,7);4*1-2H3. The van der Waals surface area contributed by atoms with Crippen LogP contribution >= 0.6 is 0 Å². The molecule has 0 atom stereocenters. The zero-order valence-corrected chi connectivity index (χ0v) is 25.7. The quantitative estimate of drug-likeness (QED) is 0.150. The van der Waals surface area contributed by atoms with E-state index in [2.05, 4.69) is 19.9 Å². The maximum absolute atomic E-state index is 10.6. The minimum Gasteiger partial charge on any atom is -0.408 e. The number of fused-ring (bicyclic) bond motifs is 2. The monoisotopic (exact) mass is 580 g/mol. The highest BCUT2D eigenvalue weighted by molar-refractivity contribution is 5.71. The van der Waals surface area contributed by atoms with Crippen LogP contribution in [0.15, 0.2) is 125 Å². The van der Waals surface area contributed by atoms with E-state index in [1.165, 1.54) is 12.1 Å². The molecule has 4 heterocycles. The lowest BCUT2D eigenvalue weighted by molar-refractivity contribution is 0.555. The number of aromatic nitrogens is 4. The van der Waals surface area contributed by atoms with E-state index in [9.17, 15) is 19.2 Å². The highest BCUT2D eigenvalue weighted by atomic mass is 16.4. The molecule has 0 aliphatic heterocycles.